The molecule has 0 spiro atoms. The Hall–Kier alpha value is -2.02. The number of aryl methyl sites for hydroxylation is 3. The van der Waals surface area contributed by atoms with Crippen LogP contribution in [0.5, 0.6) is 0 Å². The zero-order chi connectivity index (χ0) is 14.3. The molecular weight excluding hydrogens is 276 g/mol. The third kappa shape index (κ3) is 2.14. The van der Waals surface area contributed by atoms with Crippen molar-refractivity contribution < 1.29 is 4.79 Å². The standard InChI is InChI=1S/C13H14N4O2S/c1-6-7(2)16-17-12(19)10(6)11(18)15-13-14-8-4-3-5-9(8)20-13/h3-5H2,1-2H3,(H,17,19)(H,14,15,18). The van der Waals surface area contributed by atoms with Crippen LogP contribution < -0.4 is 10.9 Å². The summed E-state index contributed by atoms with van der Waals surface area (Å²) in [7, 11) is 0. The second-order valence-electron chi connectivity index (χ2n) is 4.83. The minimum atomic E-state index is -0.477. The number of nitrogens with one attached hydrogen (secondary N) is 2. The van der Waals surface area contributed by atoms with Gasteiger partial charge < -0.3 is 0 Å². The van der Waals surface area contributed by atoms with E-state index in [1.165, 1.54) is 16.2 Å². The van der Waals surface area contributed by atoms with Crippen molar-refractivity contribution in [3.8, 4) is 0 Å². The lowest BCUT2D eigenvalue weighted by Gasteiger charge is -2.05. The number of fused-ring (bicyclic) bond motifs is 1. The summed E-state index contributed by atoms with van der Waals surface area (Å²) in [5, 5.41) is 9.45. The predicted octanol–water partition coefficient (Wildman–Crippen LogP) is 1.58. The van der Waals surface area contributed by atoms with Crippen LogP contribution in [0.3, 0.4) is 0 Å². The number of carbonyl (C=O) groups is 1. The molecule has 2 aromatic rings. The van der Waals surface area contributed by atoms with Gasteiger partial charge in [0.25, 0.3) is 11.5 Å². The lowest BCUT2D eigenvalue weighted by molar-refractivity contribution is 0.102. The van der Waals surface area contributed by atoms with Crippen LogP contribution >= 0.6 is 11.3 Å². The number of aromatic nitrogens is 3. The summed E-state index contributed by atoms with van der Waals surface area (Å²) in [6.45, 7) is 3.47. The summed E-state index contributed by atoms with van der Waals surface area (Å²) in [6, 6.07) is 0. The van der Waals surface area contributed by atoms with Crippen LogP contribution in [0.2, 0.25) is 0 Å². The van der Waals surface area contributed by atoms with E-state index in [0.29, 0.717) is 16.4 Å². The molecule has 1 aliphatic rings. The summed E-state index contributed by atoms with van der Waals surface area (Å²) in [5.74, 6) is -0.429. The Labute approximate surface area is 119 Å². The third-order valence-electron chi connectivity index (χ3n) is 3.51. The number of thiazole rings is 1. The van der Waals surface area contributed by atoms with Gasteiger partial charge in [0.05, 0.1) is 11.4 Å². The molecule has 0 radical (unpaired) electrons. The maximum atomic E-state index is 12.2. The first-order valence-corrected chi connectivity index (χ1v) is 7.23. The average molecular weight is 290 g/mol. The average Bonchev–Trinajstić information content (AvgIpc) is 2.95. The lowest BCUT2D eigenvalue weighted by Crippen LogP contribution is -2.26. The van der Waals surface area contributed by atoms with Crippen molar-refractivity contribution in [3.05, 3.63) is 37.7 Å². The molecule has 0 aliphatic heterocycles. The molecule has 0 saturated heterocycles. The molecule has 0 atom stereocenters. The lowest BCUT2D eigenvalue weighted by atomic mass is 10.1. The first kappa shape index (κ1) is 13.0. The maximum absolute atomic E-state index is 12.2. The smallest absolute Gasteiger partial charge is 0.277 e. The van der Waals surface area contributed by atoms with Gasteiger partial charge in [0.1, 0.15) is 5.56 Å². The van der Waals surface area contributed by atoms with Crippen LogP contribution in [-0.2, 0) is 12.8 Å². The van der Waals surface area contributed by atoms with Crippen molar-refractivity contribution >= 4 is 22.4 Å². The summed E-state index contributed by atoms with van der Waals surface area (Å²) in [5.41, 5.74) is 1.93. The van der Waals surface area contributed by atoms with Crippen molar-refractivity contribution in [1.82, 2.24) is 15.2 Å². The Kier molecular flexibility index (Phi) is 3.13. The van der Waals surface area contributed by atoms with E-state index in [-0.39, 0.29) is 5.56 Å². The van der Waals surface area contributed by atoms with Crippen LogP contribution in [0.1, 0.15) is 38.6 Å². The molecule has 2 N–H and O–H groups in total. The van der Waals surface area contributed by atoms with Crippen LogP contribution in [0.4, 0.5) is 5.13 Å². The second-order valence-corrected chi connectivity index (χ2v) is 5.92. The minimum Gasteiger partial charge on any atom is -0.298 e. The molecule has 104 valence electrons. The number of amides is 1. The molecule has 0 bridgehead atoms. The number of hydrogen-bond donors (Lipinski definition) is 2. The second kappa shape index (κ2) is 4.82. The first-order valence-electron chi connectivity index (χ1n) is 6.42. The fourth-order valence-corrected chi connectivity index (χ4v) is 3.35. The third-order valence-corrected chi connectivity index (χ3v) is 4.59. The van der Waals surface area contributed by atoms with Gasteiger partial charge in [-0.1, -0.05) is 0 Å². The normalized spacial score (nSPS) is 13.3. The first-order chi connectivity index (χ1) is 9.56. The van der Waals surface area contributed by atoms with Crippen LogP contribution in [0, 0.1) is 13.8 Å². The monoisotopic (exact) mass is 290 g/mol. The molecular formula is C13H14N4O2S. The highest BCUT2D eigenvalue weighted by Crippen LogP contribution is 2.30. The van der Waals surface area contributed by atoms with Gasteiger partial charge >= 0.3 is 0 Å². The molecule has 20 heavy (non-hydrogen) atoms. The number of aromatic amines is 1. The largest absolute Gasteiger partial charge is 0.298 e. The number of rotatable bonds is 2. The Morgan fingerprint density at radius 2 is 2.15 bits per heavy atom. The minimum absolute atomic E-state index is 0.104. The highest BCUT2D eigenvalue weighted by Gasteiger charge is 2.20. The van der Waals surface area contributed by atoms with Gasteiger partial charge in [-0.05, 0) is 38.7 Å². The SMILES string of the molecule is Cc1n[nH]c(=O)c(C(=O)Nc2nc3c(s2)CCC3)c1C. The van der Waals surface area contributed by atoms with E-state index in [1.807, 2.05) is 0 Å². The molecule has 6 nitrogen and oxygen atoms in total. The van der Waals surface area contributed by atoms with Gasteiger partial charge in [-0.25, -0.2) is 10.1 Å². The van der Waals surface area contributed by atoms with E-state index < -0.39 is 11.5 Å². The van der Waals surface area contributed by atoms with E-state index in [2.05, 4.69) is 20.5 Å². The Bertz CT molecular complexity index is 726. The Morgan fingerprint density at radius 1 is 1.35 bits per heavy atom. The van der Waals surface area contributed by atoms with Crippen LogP contribution in [-0.4, -0.2) is 21.1 Å². The van der Waals surface area contributed by atoms with Gasteiger partial charge in [-0.15, -0.1) is 11.3 Å². The molecule has 1 amide bonds. The molecule has 2 heterocycles. The topological polar surface area (TPSA) is 87.7 Å². The van der Waals surface area contributed by atoms with E-state index >= 15 is 0 Å². The number of carbonyl (C=O) groups excluding carboxylic acids is 1. The van der Waals surface area contributed by atoms with E-state index in [9.17, 15) is 9.59 Å². The zero-order valence-corrected chi connectivity index (χ0v) is 12.1. The Balaban J connectivity index is 1.90. The molecule has 0 unspecified atom stereocenters. The molecule has 3 rings (SSSR count). The molecule has 0 aromatic carbocycles. The van der Waals surface area contributed by atoms with Crippen molar-refractivity contribution in [2.45, 2.75) is 33.1 Å². The zero-order valence-electron chi connectivity index (χ0n) is 11.2. The molecule has 7 heteroatoms. The fourth-order valence-electron chi connectivity index (χ4n) is 2.30. The van der Waals surface area contributed by atoms with E-state index in [4.69, 9.17) is 0 Å². The van der Waals surface area contributed by atoms with Crippen molar-refractivity contribution in [2.75, 3.05) is 5.32 Å². The number of anilines is 1. The summed E-state index contributed by atoms with van der Waals surface area (Å²) in [4.78, 5) is 29.6. The van der Waals surface area contributed by atoms with Crippen molar-refractivity contribution in [2.24, 2.45) is 0 Å². The molecule has 0 fully saturated rings. The Morgan fingerprint density at radius 3 is 2.90 bits per heavy atom. The molecule has 2 aromatic heterocycles. The van der Waals surface area contributed by atoms with Crippen LogP contribution in [0.15, 0.2) is 4.79 Å². The molecule has 0 saturated carbocycles. The summed E-state index contributed by atoms with van der Waals surface area (Å²) in [6.07, 6.45) is 3.12. The van der Waals surface area contributed by atoms with E-state index in [1.54, 1.807) is 13.8 Å². The van der Waals surface area contributed by atoms with Gasteiger partial charge in [-0.2, -0.15) is 5.10 Å². The summed E-state index contributed by atoms with van der Waals surface area (Å²) < 4.78 is 0. The highest BCUT2D eigenvalue weighted by molar-refractivity contribution is 7.16. The van der Waals surface area contributed by atoms with Crippen LogP contribution in [0.25, 0.3) is 0 Å². The van der Waals surface area contributed by atoms with Gasteiger partial charge in [0, 0.05) is 4.88 Å². The van der Waals surface area contributed by atoms with Crippen molar-refractivity contribution in [3.63, 3.8) is 0 Å². The quantitative estimate of drug-likeness (QED) is 0.879. The maximum Gasteiger partial charge on any atom is 0.277 e. The van der Waals surface area contributed by atoms with Gasteiger partial charge in [-0.3, -0.25) is 14.9 Å². The highest BCUT2D eigenvalue weighted by atomic mass is 32.1. The fraction of sp³-hybridized carbons (Fsp3) is 0.385. The van der Waals surface area contributed by atoms with Gasteiger partial charge in [0.2, 0.25) is 0 Å². The van der Waals surface area contributed by atoms with E-state index in [0.717, 1.165) is 25.0 Å². The number of hydrogen-bond acceptors (Lipinski definition) is 5. The van der Waals surface area contributed by atoms with Crippen molar-refractivity contribution in [1.29, 1.82) is 0 Å². The number of nitrogens with zero attached hydrogens (tertiary/aromatic N) is 2. The molecule has 1 aliphatic carbocycles. The van der Waals surface area contributed by atoms with Gasteiger partial charge in [0.15, 0.2) is 5.13 Å². The predicted molar refractivity (Wildman–Crippen MR) is 76.4 cm³/mol. The summed E-state index contributed by atoms with van der Waals surface area (Å²) >= 11 is 1.49. The number of H-pyrrole nitrogens is 1.